The highest BCUT2D eigenvalue weighted by atomic mass is 16.5. The van der Waals surface area contributed by atoms with Gasteiger partial charge in [-0.25, -0.2) is 9.78 Å². The highest BCUT2D eigenvalue weighted by Gasteiger charge is 2.20. The third-order valence-electron chi connectivity index (χ3n) is 4.71. The maximum absolute atomic E-state index is 11.7. The van der Waals surface area contributed by atoms with E-state index in [9.17, 15) is 4.79 Å². The molecule has 0 saturated heterocycles. The van der Waals surface area contributed by atoms with Crippen molar-refractivity contribution in [1.29, 1.82) is 0 Å². The molecule has 0 unspecified atom stereocenters. The standard InChI is InChI=1S/C20H26N4O3/c1-3-17-12-18(23-20(22-17)21-8-4-10-25)24-9-7-14-11-15(19(26)27-2)5-6-16(14)13-24/h5-6,11-12,25H,3-4,7-10,13H2,1-2H3,(H,21,22,23). The molecule has 7 nitrogen and oxygen atoms in total. The van der Waals surface area contributed by atoms with Crippen LogP contribution in [0.15, 0.2) is 24.3 Å². The number of carbonyl (C=O) groups is 1. The van der Waals surface area contributed by atoms with Gasteiger partial charge in [0.25, 0.3) is 0 Å². The molecule has 0 saturated carbocycles. The maximum atomic E-state index is 11.7. The molecule has 7 heteroatoms. The summed E-state index contributed by atoms with van der Waals surface area (Å²) in [5.74, 6) is 1.20. The number of aromatic nitrogens is 2. The summed E-state index contributed by atoms with van der Waals surface area (Å²) >= 11 is 0. The van der Waals surface area contributed by atoms with E-state index in [4.69, 9.17) is 9.84 Å². The second-order valence-corrected chi connectivity index (χ2v) is 6.55. The Hall–Kier alpha value is -2.67. The summed E-state index contributed by atoms with van der Waals surface area (Å²) < 4.78 is 4.81. The van der Waals surface area contributed by atoms with E-state index >= 15 is 0 Å². The van der Waals surface area contributed by atoms with Crippen molar-refractivity contribution in [3.05, 3.63) is 46.6 Å². The van der Waals surface area contributed by atoms with Crippen LogP contribution in [0.5, 0.6) is 0 Å². The van der Waals surface area contributed by atoms with Crippen LogP contribution in [0.25, 0.3) is 0 Å². The van der Waals surface area contributed by atoms with Crippen LogP contribution >= 0.6 is 0 Å². The fourth-order valence-electron chi connectivity index (χ4n) is 3.18. The lowest BCUT2D eigenvalue weighted by molar-refractivity contribution is 0.0600. The molecule has 27 heavy (non-hydrogen) atoms. The van der Waals surface area contributed by atoms with Gasteiger partial charge in [0.1, 0.15) is 5.82 Å². The lowest BCUT2D eigenvalue weighted by Crippen LogP contribution is -2.31. The lowest BCUT2D eigenvalue weighted by atomic mass is 9.97. The molecule has 1 aromatic heterocycles. The molecule has 144 valence electrons. The minimum atomic E-state index is -0.304. The number of hydrogen-bond acceptors (Lipinski definition) is 7. The first-order valence-electron chi connectivity index (χ1n) is 9.32. The van der Waals surface area contributed by atoms with E-state index in [1.165, 1.54) is 18.2 Å². The molecule has 1 aliphatic rings. The number of anilines is 2. The largest absolute Gasteiger partial charge is 0.465 e. The molecular formula is C20H26N4O3. The molecule has 0 aliphatic carbocycles. The van der Waals surface area contributed by atoms with Gasteiger partial charge in [0.2, 0.25) is 5.95 Å². The van der Waals surface area contributed by atoms with Gasteiger partial charge in [0, 0.05) is 38.0 Å². The average molecular weight is 370 g/mol. The third-order valence-corrected chi connectivity index (χ3v) is 4.71. The number of rotatable bonds is 7. The number of esters is 1. The Morgan fingerprint density at radius 2 is 2.15 bits per heavy atom. The van der Waals surface area contributed by atoms with Crippen molar-refractivity contribution in [3.63, 3.8) is 0 Å². The fraction of sp³-hybridized carbons (Fsp3) is 0.450. The zero-order valence-electron chi connectivity index (χ0n) is 15.9. The van der Waals surface area contributed by atoms with Crippen LogP contribution in [-0.2, 0) is 24.1 Å². The molecule has 0 radical (unpaired) electrons. The number of carbonyl (C=O) groups excluding carboxylic acids is 1. The number of aryl methyl sites for hydroxylation is 1. The Labute approximate surface area is 159 Å². The zero-order valence-corrected chi connectivity index (χ0v) is 15.9. The van der Waals surface area contributed by atoms with Crippen molar-refractivity contribution in [2.75, 3.05) is 37.0 Å². The Kier molecular flexibility index (Phi) is 6.24. The third kappa shape index (κ3) is 4.54. The number of ether oxygens (including phenoxy) is 1. The quantitative estimate of drug-likeness (QED) is 0.570. The van der Waals surface area contributed by atoms with Crippen LogP contribution in [0.1, 0.15) is 40.5 Å². The molecule has 0 amide bonds. The predicted molar refractivity (Wildman–Crippen MR) is 104 cm³/mol. The fourth-order valence-corrected chi connectivity index (χ4v) is 3.18. The van der Waals surface area contributed by atoms with Crippen LogP contribution in [-0.4, -0.2) is 47.8 Å². The summed E-state index contributed by atoms with van der Waals surface area (Å²) in [4.78, 5) is 23.1. The molecule has 1 aromatic carbocycles. The molecule has 0 bridgehead atoms. The SMILES string of the molecule is CCc1cc(N2CCc3cc(C(=O)OC)ccc3C2)nc(NCCCO)n1. The number of methoxy groups -OCH3 is 1. The van der Waals surface area contributed by atoms with E-state index in [2.05, 4.69) is 27.1 Å². The second-order valence-electron chi connectivity index (χ2n) is 6.55. The number of hydrogen-bond donors (Lipinski definition) is 2. The van der Waals surface area contributed by atoms with Crippen molar-refractivity contribution in [2.24, 2.45) is 0 Å². The van der Waals surface area contributed by atoms with Gasteiger partial charge in [-0.3, -0.25) is 0 Å². The van der Waals surface area contributed by atoms with Gasteiger partial charge >= 0.3 is 5.97 Å². The summed E-state index contributed by atoms with van der Waals surface area (Å²) in [5, 5.41) is 12.1. The summed E-state index contributed by atoms with van der Waals surface area (Å²) in [6, 6.07) is 7.77. The topological polar surface area (TPSA) is 87.6 Å². The first kappa shape index (κ1) is 19.1. The number of aliphatic hydroxyl groups excluding tert-OH is 1. The predicted octanol–water partition coefficient (Wildman–Crippen LogP) is 2.18. The van der Waals surface area contributed by atoms with Crippen molar-refractivity contribution in [3.8, 4) is 0 Å². The minimum absolute atomic E-state index is 0.143. The summed E-state index contributed by atoms with van der Waals surface area (Å²) in [5.41, 5.74) is 3.95. The van der Waals surface area contributed by atoms with Gasteiger partial charge in [0.15, 0.2) is 0 Å². The second kappa shape index (κ2) is 8.81. The maximum Gasteiger partial charge on any atom is 0.337 e. The molecule has 2 N–H and O–H groups in total. The average Bonchev–Trinajstić information content (AvgIpc) is 2.72. The van der Waals surface area contributed by atoms with Crippen LogP contribution in [0, 0.1) is 0 Å². The van der Waals surface area contributed by atoms with Gasteiger partial charge in [0.05, 0.1) is 12.7 Å². The zero-order chi connectivity index (χ0) is 19.2. The van der Waals surface area contributed by atoms with Gasteiger partial charge in [-0.05, 0) is 42.5 Å². The monoisotopic (exact) mass is 370 g/mol. The van der Waals surface area contributed by atoms with Crippen LogP contribution in [0.4, 0.5) is 11.8 Å². The molecule has 0 spiro atoms. The van der Waals surface area contributed by atoms with Crippen molar-refractivity contribution in [1.82, 2.24) is 9.97 Å². The summed E-state index contributed by atoms with van der Waals surface area (Å²) in [6.45, 7) is 4.43. The number of benzene rings is 1. The first-order valence-corrected chi connectivity index (χ1v) is 9.32. The lowest BCUT2D eigenvalue weighted by Gasteiger charge is -2.30. The van der Waals surface area contributed by atoms with Crippen molar-refractivity contribution >= 4 is 17.7 Å². The molecule has 0 atom stereocenters. The molecular weight excluding hydrogens is 344 g/mol. The number of fused-ring (bicyclic) bond motifs is 1. The van der Waals surface area contributed by atoms with Crippen LogP contribution < -0.4 is 10.2 Å². The van der Waals surface area contributed by atoms with Crippen LogP contribution in [0.2, 0.25) is 0 Å². The molecule has 1 aliphatic heterocycles. The minimum Gasteiger partial charge on any atom is -0.465 e. The van der Waals surface area contributed by atoms with E-state index in [-0.39, 0.29) is 12.6 Å². The summed E-state index contributed by atoms with van der Waals surface area (Å²) in [6.07, 6.45) is 2.34. The molecule has 3 rings (SSSR count). The highest BCUT2D eigenvalue weighted by molar-refractivity contribution is 5.89. The normalized spacial score (nSPS) is 13.2. The molecule has 0 fully saturated rings. The first-order chi connectivity index (χ1) is 13.1. The van der Waals surface area contributed by atoms with E-state index in [0.717, 1.165) is 37.4 Å². The Morgan fingerprint density at radius 3 is 2.89 bits per heavy atom. The van der Waals surface area contributed by atoms with Gasteiger partial charge in [-0.2, -0.15) is 4.98 Å². The van der Waals surface area contributed by atoms with Crippen LogP contribution in [0.3, 0.4) is 0 Å². The number of nitrogens with one attached hydrogen (secondary N) is 1. The Bertz CT molecular complexity index is 810. The van der Waals surface area contributed by atoms with E-state index in [1.54, 1.807) is 0 Å². The van der Waals surface area contributed by atoms with Crippen molar-refractivity contribution < 1.29 is 14.6 Å². The highest BCUT2D eigenvalue weighted by Crippen LogP contribution is 2.25. The molecule has 2 aromatic rings. The van der Waals surface area contributed by atoms with Gasteiger partial charge < -0.3 is 20.1 Å². The van der Waals surface area contributed by atoms with E-state index < -0.39 is 0 Å². The molecule has 2 heterocycles. The van der Waals surface area contributed by atoms with Gasteiger partial charge in [-0.15, -0.1) is 0 Å². The Balaban J connectivity index is 1.79. The van der Waals surface area contributed by atoms with E-state index in [0.29, 0.717) is 24.5 Å². The van der Waals surface area contributed by atoms with Crippen molar-refractivity contribution in [2.45, 2.75) is 32.7 Å². The van der Waals surface area contributed by atoms with Gasteiger partial charge in [-0.1, -0.05) is 13.0 Å². The number of nitrogens with zero attached hydrogens (tertiary/aromatic N) is 3. The summed E-state index contributed by atoms with van der Waals surface area (Å²) in [7, 11) is 1.40. The smallest absolute Gasteiger partial charge is 0.337 e. The number of aliphatic hydroxyl groups is 1. The van der Waals surface area contributed by atoms with E-state index in [1.807, 2.05) is 24.3 Å². The Morgan fingerprint density at radius 1 is 1.30 bits per heavy atom.